The quantitative estimate of drug-likeness (QED) is 0.377. The Morgan fingerprint density at radius 2 is 1.97 bits per heavy atom. The first-order chi connectivity index (χ1) is 15.7. The fourth-order valence-corrected chi connectivity index (χ4v) is 4.23. The summed E-state index contributed by atoms with van der Waals surface area (Å²) in [5, 5.41) is 14.3. The SMILES string of the molecule is O=C(Nc1ccc(Cc2ccc3c(c2)C(C=Nc2ccn[nH]2)C(=O)N3)cc1)c1cccs1. The number of carbonyl (C=O) groups excluding carboxylic acids is 2. The highest BCUT2D eigenvalue weighted by atomic mass is 32.1. The largest absolute Gasteiger partial charge is 0.325 e. The van der Waals surface area contributed by atoms with Crippen LogP contribution in [0.1, 0.15) is 32.3 Å². The number of hydrogen-bond acceptors (Lipinski definition) is 5. The molecule has 0 fully saturated rings. The predicted octanol–water partition coefficient (Wildman–Crippen LogP) is 4.75. The number of amides is 2. The molecule has 0 spiro atoms. The minimum Gasteiger partial charge on any atom is -0.325 e. The molecular weight excluding hydrogens is 422 g/mol. The van der Waals surface area contributed by atoms with E-state index in [0.29, 0.717) is 17.1 Å². The van der Waals surface area contributed by atoms with Gasteiger partial charge in [-0.05, 0) is 52.8 Å². The van der Waals surface area contributed by atoms with Gasteiger partial charge in [0.2, 0.25) is 5.91 Å². The summed E-state index contributed by atoms with van der Waals surface area (Å²) >= 11 is 1.41. The van der Waals surface area contributed by atoms with Crippen LogP contribution >= 0.6 is 11.3 Å². The fourth-order valence-electron chi connectivity index (χ4n) is 3.61. The molecule has 1 atom stereocenters. The van der Waals surface area contributed by atoms with Gasteiger partial charge in [-0.2, -0.15) is 5.10 Å². The second-order valence-electron chi connectivity index (χ2n) is 7.41. The number of nitrogens with one attached hydrogen (secondary N) is 3. The lowest BCUT2D eigenvalue weighted by molar-refractivity contribution is -0.115. The summed E-state index contributed by atoms with van der Waals surface area (Å²) in [6.45, 7) is 0. The molecule has 8 heteroatoms. The van der Waals surface area contributed by atoms with Crippen LogP contribution in [0.4, 0.5) is 17.2 Å². The molecule has 4 aromatic rings. The molecular formula is C24H19N5O2S. The van der Waals surface area contributed by atoms with Crippen molar-refractivity contribution >= 4 is 46.6 Å². The third kappa shape index (κ3) is 4.21. The molecule has 0 saturated heterocycles. The van der Waals surface area contributed by atoms with Crippen molar-refractivity contribution in [3.8, 4) is 0 Å². The molecule has 2 aromatic heterocycles. The first-order valence-electron chi connectivity index (χ1n) is 10.1. The van der Waals surface area contributed by atoms with Gasteiger partial charge >= 0.3 is 0 Å². The average molecular weight is 442 g/mol. The van der Waals surface area contributed by atoms with Crippen LogP contribution in [0.5, 0.6) is 0 Å². The van der Waals surface area contributed by atoms with Crippen LogP contribution in [-0.4, -0.2) is 28.2 Å². The molecule has 1 aliphatic heterocycles. The van der Waals surface area contributed by atoms with Crippen molar-refractivity contribution in [1.82, 2.24) is 10.2 Å². The van der Waals surface area contributed by atoms with Crippen LogP contribution < -0.4 is 10.6 Å². The van der Waals surface area contributed by atoms with Crippen LogP contribution in [0, 0.1) is 0 Å². The van der Waals surface area contributed by atoms with Gasteiger partial charge in [0.05, 0.1) is 11.1 Å². The van der Waals surface area contributed by atoms with Gasteiger partial charge in [-0.25, -0.2) is 4.99 Å². The number of thiophene rings is 1. The number of aromatic amines is 1. The number of rotatable bonds is 6. The number of aromatic nitrogens is 2. The summed E-state index contributed by atoms with van der Waals surface area (Å²) in [5.74, 6) is -0.0330. The first-order valence-corrected chi connectivity index (χ1v) is 10.9. The second-order valence-corrected chi connectivity index (χ2v) is 8.36. The summed E-state index contributed by atoms with van der Waals surface area (Å²) in [6.07, 6.45) is 3.97. The third-order valence-electron chi connectivity index (χ3n) is 5.21. The summed E-state index contributed by atoms with van der Waals surface area (Å²) in [7, 11) is 0. The van der Waals surface area contributed by atoms with Gasteiger partial charge in [0.25, 0.3) is 5.91 Å². The normalized spacial score (nSPS) is 15.0. The number of carbonyl (C=O) groups is 2. The van der Waals surface area contributed by atoms with Crippen LogP contribution in [-0.2, 0) is 11.2 Å². The van der Waals surface area contributed by atoms with E-state index in [4.69, 9.17) is 0 Å². The van der Waals surface area contributed by atoms with Gasteiger partial charge in [-0.3, -0.25) is 14.7 Å². The fraction of sp³-hybridized carbons (Fsp3) is 0.0833. The molecule has 0 radical (unpaired) electrons. The zero-order valence-electron chi connectivity index (χ0n) is 16.9. The topological polar surface area (TPSA) is 99.2 Å². The molecule has 0 saturated carbocycles. The van der Waals surface area contributed by atoms with Crippen LogP contribution in [0.2, 0.25) is 0 Å². The number of H-pyrrole nitrogens is 1. The van der Waals surface area contributed by atoms with Gasteiger partial charge in [-0.1, -0.05) is 30.3 Å². The van der Waals surface area contributed by atoms with Crippen molar-refractivity contribution < 1.29 is 9.59 Å². The van der Waals surface area contributed by atoms with Gasteiger partial charge in [0, 0.05) is 23.7 Å². The molecule has 5 rings (SSSR count). The third-order valence-corrected chi connectivity index (χ3v) is 6.07. The Bertz CT molecular complexity index is 1280. The van der Waals surface area contributed by atoms with Gasteiger partial charge in [-0.15, -0.1) is 11.3 Å². The number of benzene rings is 2. The second kappa shape index (κ2) is 8.60. The molecule has 158 valence electrons. The molecule has 2 aromatic carbocycles. The van der Waals surface area contributed by atoms with Crippen LogP contribution in [0.25, 0.3) is 0 Å². The van der Waals surface area contributed by atoms with Crippen molar-refractivity contribution in [3.05, 3.63) is 93.8 Å². The van der Waals surface area contributed by atoms with E-state index in [0.717, 1.165) is 28.1 Å². The highest BCUT2D eigenvalue weighted by molar-refractivity contribution is 7.12. The van der Waals surface area contributed by atoms with Crippen molar-refractivity contribution in [2.24, 2.45) is 4.99 Å². The standard InChI is InChI=1S/C24H19N5O2S/c30-23-19(14-25-22-9-10-26-29-22)18-13-16(5-8-20(18)28-23)12-15-3-6-17(7-4-15)27-24(31)21-2-1-11-32-21/h1-11,13-14,19H,12H2,(H,26,29)(H,27,31)(H,28,30). The summed E-state index contributed by atoms with van der Waals surface area (Å²) in [6, 6.07) is 19.2. The van der Waals surface area contributed by atoms with E-state index in [1.165, 1.54) is 11.3 Å². The Kier molecular flexibility index (Phi) is 5.35. The van der Waals surface area contributed by atoms with Crippen molar-refractivity contribution in [1.29, 1.82) is 0 Å². The summed E-state index contributed by atoms with van der Waals surface area (Å²) in [4.78, 5) is 29.6. The Morgan fingerprint density at radius 3 is 2.72 bits per heavy atom. The van der Waals surface area contributed by atoms with E-state index < -0.39 is 5.92 Å². The Hall–Kier alpha value is -4.04. The molecule has 0 aliphatic carbocycles. The lowest BCUT2D eigenvalue weighted by atomic mass is 9.96. The monoisotopic (exact) mass is 441 g/mol. The highest BCUT2D eigenvalue weighted by Gasteiger charge is 2.29. The lowest BCUT2D eigenvalue weighted by Crippen LogP contribution is -2.12. The van der Waals surface area contributed by atoms with Crippen molar-refractivity contribution in [2.45, 2.75) is 12.3 Å². The Labute approximate surface area is 188 Å². The number of anilines is 2. The van der Waals surface area contributed by atoms with E-state index >= 15 is 0 Å². The summed E-state index contributed by atoms with van der Waals surface area (Å²) < 4.78 is 0. The predicted molar refractivity (Wildman–Crippen MR) is 126 cm³/mol. The van der Waals surface area contributed by atoms with Crippen LogP contribution in [0.3, 0.4) is 0 Å². The van der Waals surface area contributed by atoms with E-state index in [-0.39, 0.29) is 11.8 Å². The maximum absolute atomic E-state index is 12.4. The zero-order chi connectivity index (χ0) is 21.9. The molecule has 1 aliphatic rings. The van der Waals surface area contributed by atoms with Gasteiger partial charge < -0.3 is 10.6 Å². The maximum Gasteiger partial charge on any atom is 0.265 e. The van der Waals surface area contributed by atoms with E-state index in [2.05, 4.69) is 25.8 Å². The van der Waals surface area contributed by atoms with Crippen molar-refractivity contribution in [2.75, 3.05) is 10.6 Å². The molecule has 1 unspecified atom stereocenters. The van der Waals surface area contributed by atoms with E-state index in [1.807, 2.05) is 53.9 Å². The van der Waals surface area contributed by atoms with Gasteiger partial charge in [0.15, 0.2) is 0 Å². The molecule has 32 heavy (non-hydrogen) atoms. The van der Waals surface area contributed by atoms with E-state index in [9.17, 15) is 9.59 Å². The van der Waals surface area contributed by atoms with Crippen LogP contribution in [0.15, 0.2) is 77.2 Å². The minimum absolute atomic E-state index is 0.0914. The Balaban J connectivity index is 1.29. The zero-order valence-corrected chi connectivity index (χ0v) is 17.7. The first kappa shape index (κ1) is 19.9. The number of hydrogen-bond donors (Lipinski definition) is 3. The van der Waals surface area contributed by atoms with Crippen molar-refractivity contribution in [3.63, 3.8) is 0 Å². The molecule has 3 N–H and O–H groups in total. The summed E-state index contributed by atoms with van der Waals surface area (Å²) in [5.41, 5.74) is 4.68. The number of fused-ring (bicyclic) bond motifs is 1. The van der Waals surface area contributed by atoms with E-state index in [1.54, 1.807) is 24.5 Å². The minimum atomic E-state index is -0.442. The molecule has 2 amide bonds. The number of aliphatic imine (C=N–C) groups is 1. The lowest BCUT2D eigenvalue weighted by Gasteiger charge is -2.08. The Morgan fingerprint density at radius 1 is 1.12 bits per heavy atom. The highest BCUT2D eigenvalue weighted by Crippen LogP contribution is 2.33. The maximum atomic E-state index is 12.4. The smallest absolute Gasteiger partial charge is 0.265 e. The van der Waals surface area contributed by atoms with Gasteiger partial charge in [0.1, 0.15) is 11.7 Å². The molecule has 7 nitrogen and oxygen atoms in total. The average Bonchev–Trinajstić information content (AvgIpc) is 3.55. The number of nitrogens with zero attached hydrogens (tertiary/aromatic N) is 2. The molecule has 0 bridgehead atoms. The molecule has 3 heterocycles.